The molecule has 0 bridgehead atoms. The maximum Gasteiger partial charge on any atom is 0.141 e. The fraction of sp³-hybridized carbons (Fsp3) is 0.222. The molecule has 1 saturated heterocycles. The molecule has 0 unspecified atom stereocenters. The smallest absolute Gasteiger partial charge is 0.141 e. The lowest BCUT2D eigenvalue weighted by molar-refractivity contribution is 0.211. The van der Waals surface area contributed by atoms with Gasteiger partial charge in [0, 0.05) is 61.0 Å². The lowest BCUT2D eigenvalue weighted by atomic mass is 10.0. The first-order chi connectivity index (χ1) is 17.5. The molecule has 0 saturated carbocycles. The van der Waals surface area contributed by atoms with Gasteiger partial charge >= 0.3 is 0 Å². The van der Waals surface area contributed by atoms with E-state index < -0.39 is 5.82 Å². The summed E-state index contributed by atoms with van der Waals surface area (Å²) in [5.41, 5.74) is 4.09. The van der Waals surface area contributed by atoms with Gasteiger partial charge in [0.1, 0.15) is 11.9 Å². The summed E-state index contributed by atoms with van der Waals surface area (Å²) in [7, 11) is 0. The van der Waals surface area contributed by atoms with Gasteiger partial charge in [-0.2, -0.15) is 5.26 Å². The quantitative estimate of drug-likeness (QED) is 0.292. The molecule has 3 heterocycles. The van der Waals surface area contributed by atoms with Crippen LogP contribution in [0.25, 0.3) is 10.9 Å². The molecule has 1 aliphatic heterocycles. The molecular weight excluding hydrogens is 498 g/mol. The van der Waals surface area contributed by atoms with E-state index >= 15 is 0 Å². The highest BCUT2D eigenvalue weighted by Crippen LogP contribution is 2.36. The Bertz CT molecular complexity index is 1430. The minimum absolute atomic E-state index is 0.00729. The molecule has 1 fully saturated rings. The Hall–Kier alpha value is -3.44. The van der Waals surface area contributed by atoms with Gasteiger partial charge in [-0.05, 0) is 54.8 Å². The summed E-state index contributed by atoms with van der Waals surface area (Å²) in [5, 5.41) is 17.7. The standard InChI is InChI=1S/C27H23Cl2FN6/c28-23-11-20(3-4-25(23)30)35-26-18(13-31)15-33-27-22(26)10-21(12-24(27)29)34-19-5-8-36(9-6-19)16-17-2-1-7-32-14-17/h1-4,7,10-12,14-15,19,34H,5-6,8-9,16H2,(H,33,35). The van der Waals surface area contributed by atoms with Crippen LogP contribution in [-0.2, 0) is 6.54 Å². The van der Waals surface area contributed by atoms with Gasteiger partial charge in [-0.25, -0.2) is 4.39 Å². The van der Waals surface area contributed by atoms with Gasteiger partial charge in [-0.15, -0.1) is 0 Å². The van der Waals surface area contributed by atoms with E-state index in [0.29, 0.717) is 38.9 Å². The van der Waals surface area contributed by atoms with Crippen LogP contribution in [0.5, 0.6) is 0 Å². The van der Waals surface area contributed by atoms with Crippen molar-refractivity contribution < 1.29 is 4.39 Å². The molecule has 182 valence electrons. The highest BCUT2D eigenvalue weighted by Gasteiger charge is 2.20. The number of nitriles is 1. The molecule has 0 aliphatic carbocycles. The molecule has 1 aliphatic rings. The van der Waals surface area contributed by atoms with E-state index in [1.54, 1.807) is 12.3 Å². The number of likely N-dealkylation sites (tertiary alicyclic amines) is 1. The SMILES string of the molecule is N#Cc1cnc2c(Cl)cc(NC3CCN(Cc4cccnc4)CC3)cc2c1Nc1ccc(F)c(Cl)c1. The minimum Gasteiger partial charge on any atom is -0.382 e. The lowest BCUT2D eigenvalue weighted by Gasteiger charge is -2.33. The second-order valence-electron chi connectivity index (χ2n) is 8.82. The first-order valence-electron chi connectivity index (χ1n) is 11.6. The third kappa shape index (κ3) is 5.36. The van der Waals surface area contributed by atoms with Crippen LogP contribution in [0.4, 0.5) is 21.5 Å². The van der Waals surface area contributed by atoms with Crippen molar-refractivity contribution in [2.45, 2.75) is 25.4 Å². The number of hydrogen-bond donors (Lipinski definition) is 2. The molecule has 0 amide bonds. The van der Waals surface area contributed by atoms with Gasteiger partial charge in [0.15, 0.2) is 0 Å². The van der Waals surface area contributed by atoms with Crippen molar-refractivity contribution in [3.05, 3.63) is 88.0 Å². The molecule has 6 nitrogen and oxygen atoms in total. The van der Waals surface area contributed by atoms with Crippen molar-refractivity contribution in [1.29, 1.82) is 5.26 Å². The third-order valence-electron chi connectivity index (χ3n) is 6.32. The van der Waals surface area contributed by atoms with Crippen molar-refractivity contribution in [2.24, 2.45) is 0 Å². The molecule has 0 radical (unpaired) electrons. The molecule has 4 aromatic rings. The molecule has 2 aromatic carbocycles. The fourth-order valence-electron chi connectivity index (χ4n) is 4.50. The van der Waals surface area contributed by atoms with E-state index in [1.165, 1.54) is 23.9 Å². The van der Waals surface area contributed by atoms with Crippen molar-refractivity contribution in [1.82, 2.24) is 14.9 Å². The number of benzene rings is 2. The predicted molar refractivity (Wildman–Crippen MR) is 142 cm³/mol. The first-order valence-corrected chi connectivity index (χ1v) is 12.4. The molecule has 2 N–H and O–H groups in total. The number of aromatic nitrogens is 2. The van der Waals surface area contributed by atoms with Crippen molar-refractivity contribution >= 4 is 51.2 Å². The number of rotatable bonds is 6. The van der Waals surface area contributed by atoms with E-state index in [0.717, 1.165) is 38.2 Å². The predicted octanol–water partition coefficient (Wildman–Crippen LogP) is 6.77. The zero-order chi connectivity index (χ0) is 25.1. The Kier molecular flexibility index (Phi) is 7.19. The lowest BCUT2D eigenvalue weighted by Crippen LogP contribution is -2.38. The van der Waals surface area contributed by atoms with Crippen molar-refractivity contribution in [2.75, 3.05) is 23.7 Å². The summed E-state index contributed by atoms with van der Waals surface area (Å²) in [5.74, 6) is -0.511. The van der Waals surface area contributed by atoms with E-state index in [9.17, 15) is 9.65 Å². The van der Waals surface area contributed by atoms with Crippen molar-refractivity contribution in [3.63, 3.8) is 0 Å². The Morgan fingerprint density at radius 2 is 1.86 bits per heavy atom. The molecule has 5 rings (SSSR count). The molecule has 2 aromatic heterocycles. The largest absolute Gasteiger partial charge is 0.382 e. The Labute approximate surface area is 218 Å². The number of anilines is 3. The summed E-state index contributed by atoms with van der Waals surface area (Å²) in [6.45, 7) is 2.85. The van der Waals surface area contributed by atoms with Gasteiger partial charge in [0.2, 0.25) is 0 Å². The van der Waals surface area contributed by atoms with Crippen LogP contribution in [0.1, 0.15) is 24.0 Å². The van der Waals surface area contributed by atoms with Crippen molar-refractivity contribution in [3.8, 4) is 6.07 Å². The maximum atomic E-state index is 13.6. The fourth-order valence-corrected chi connectivity index (χ4v) is 4.95. The van der Waals surface area contributed by atoms with E-state index in [4.69, 9.17) is 23.2 Å². The Morgan fingerprint density at radius 3 is 2.58 bits per heavy atom. The molecule has 0 atom stereocenters. The summed E-state index contributed by atoms with van der Waals surface area (Å²) < 4.78 is 13.6. The van der Waals surface area contributed by atoms with E-state index in [2.05, 4.69) is 37.6 Å². The normalized spacial score (nSPS) is 14.5. The highest BCUT2D eigenvalue weighted by atomic mass is 35.5. The topological polar surface area (TPSA) is 76.9 Å². The van der Waals surface area contributed by atoms with Crippen LogP contribution in [-0.4, -0.2) is 34.0 Å². The number of halogens is 3. The highest BCUT2D eigenvalue weighted by molar-refractivity contribution is 6.36. The van der Waals surface area contributed by atoms with Gasteiger partial charge in [-0.1, -0.05) is 29.3 Å². The van der Waals surface area contributed by atoms with Crippen LogP contribution in [0.2, 0.25) is 10.0 Å². The molecule has 9 heteroatoms. The van der Waals surface area contributed by atoms with Crippen LogP contribution < -0.4 is 10.6 Å². The van der Waals surface area contributed by atoms with Gasteiger partial charge in [-0.3, -0.25) is 14.9 Å². The number of hydrogen-bond acceptors (Lipinski definition) is 6. The number of nitrogens with one attached hydrogen (secondary N) is 2. The summed E-state index contributed by atoms with van der Waals surface area (Å²) in [4.78, 5) is 11.0. The monoisotopic (exact) mass is 520 g/mol. The molecule has 0 spiro atoms. The first kappa shape index (κ1) is 24.3. The zero-order valence-electron chi connectivity index (χ0n) is 19.3. The Morgan fingerprint density at radius 1 is 1.06 bits per heavy atom. The van der Waals surface area contributed by atoms with Gasteiger partial charge in [0.25, 0.3) is 0 Å². The summed E-state index contributed by atoms with van der Waals surface area (Å²) in [6.07, 6.45) is 7.17. The Balaban J connectivity index is 1.37. The van der Waals surface area contributed by atoms with E-state index in [-0.39, 0.29) is 5.02 Å². The average molecular weight is 521 g/mol. The van der Waals surface area contributed by atoms with Crippen LogP contribution >= 0.6 is 23.2 Å². The summed E-state index contributed by atoms with van der Waals surface area (Å²) in [6, 6.07) is 14.7. The second kappa shape index (κ2) is 10.7. The third-order valence-corrected chi connectivity index (χ3v) is 6.90. The van der Waals surface area contributed by atoms with Crippen LogP contribution in [0.15, 0.2) is 61.1 Å². The number of fused-ring (bicyclic) bond motifs is 1. The van der Waals surface area contributed by atoms with E-state index in [1.807, 2.05) is 24.4 Å². The molecule has 36 heavy (non-hydrogen) atoms. The average Bonchev–Trinajstić information content (AvgIpc) is 2.88. The number of piperidine rings is 1. The number of nitrogens with zero attached hydrogens (tertiary/aromatic N) is 4. The van der Waals surface area contributed by atoms with Crippen LogP contribution in [0.3, 0.4) is 0 Å². The zero-order valence-corrected chi connectivity index (χ0v) is 20.8. The van der Waals surface area contributed by atoms with Crippen LogP contribution in [0, 0.1) is 17.1 Å². The van der Waals surface area contributed by atoms with Gasteiger partial charge in [0.05, 0.1) is 26.8 Å². The number of pyridine rings is 2. The summed E-state index contributed by atoms with van der Waals surface area (Å²) >= 11 is 12.6. The van der Waals surface area contributed by atoms with Gasteiger partial charge < -0.3 is 10.6 Å². The maximum absolute atomic E-state index is 13.6. The molecular formula is C27H23Cl2FN6. The second-order valence-corrected chi connectivity index (χ2v) is 9.64. The minimum atomic E-state index is -0.511.